The lowest BCUT2D eigenvalue weighted by atomic mass is 9.95. The van der Waals surface area contributed by atoms with Crippen LogP contribution in [-0.4, -0.2) is 19.7 Å². The number of nitrogens with one attached hydrogen (secondary N) is 1. The van der Waals surface area contributed by atoms with E-state index in [0.29, 0.717) is 11.8 Å². The van der Waals surface area contributed by atoms with Crippen molar-refractivity contribution >= 4 is 0 Å². The maximum atomic E-state index is 14.1. The molecule has 2 rings (SSSR count). The van der Waals surface area contributed by atoms with Gasteiger partial charge in [-0.05, 0) is 36.3 Å². The maximum absolute atomic E-state index is 14.1. The average molecular weight is 251 g/mol. The van der Waals surface area contributed by atoms with Gasteiger partial charge in [0, 0.05) is 12.6 Å². The molecule has 18 heavy (non-hydrogen) atoms. The molecule has 1 aromatic carbocycles. The highest BCUT2D eigenvalue weighted by molar-refractivity contribution is 5.32. The van der Waals surface area contributed by atoms with Gasteiger partial charge in [-0.1, -0.05) is 26.0 Å². The first-order valence-corrected chi connectivity index (χ1v) is 6.61. The van der Waals surface area contributed by atoms with Gasteiger partial charge in [-0.25, -0.2) is 4.39 Å². The molecular weight excluding hydrogens is 229 g/mol. The average Bonchev–Trinajstić information content (AvgIpc) is 3.10. The van der Waals surface area contributed by atoms with Gasteiger partial charge in [-0.15, -0.1) is 0 Å². The summed E-state index contributed by atoms with van der Waals surface area (Å²) in [5, 5.41) is 3.46. The summed E-state index contributed by atoms with van der Waals surface area (Å²) in [4.78, 5) is 0. The van der Waals surface area contributed by atoms with Crippen molar-refractivity contribution in [1.29, 1.82) is 0 Å². The van der Waals surface area contributed by atoms with E-state index in [1.807, 2.05) is 12.1 Å². The van der Waals surface area contributed by atoms with Gasteiger partial charge >= 0.3 is 0 Å². The predicted octanol–water partition coefficient (Wildman–Crippen LogP) is 3.16. The zero-order valence-corrected chi connectivity index (χ0v) is 11.4. The van der Waals surface area contributed by atoms with Crippen molar-refractivity contribution in [2.24, 2.45) is 5.41 Å². The quantitative estimate of drug-likeness (QED) is 0.838. The van der Waals surface area contributed by atoms with Crippen molar-refractivity contribution < 1.29 is 9.13 Å². The van der Waals surface area contributed by atoms with E-state index in [4.69, 9.17) is 4.74 Å². The molecule has 1 aromatic rings. The van der Waals surface area contributed by atoms with Crippen LogP contribution in [0, 0.1) is 11.2 Å². The predicted molar refractivity (Wildman–Crippen MR) is 71.5 cm³/mol. The van der Waals surface area contributed by atoms with E-state index in [1.54, 1.807) is 6.07 Å². The largest absolute Gasteiger partial charge is 0.494 e. The molecule has 0 bridgehead atoms. The number of hydrogen-bond acceptors (Lipinski definition) is 2. The van der Waals surface area contributed by atoms with E-state index >= 15 is 0 Å². The summed E-state index contributed by atoms with van der Waals surface area (Å²) in [6, 6.07) is 5.89. The fraction of sp³-hybridized carbons (Fsp3) is 0.600. The van der Waals surface area contributed by atoms with Crippen LogP contribution >= 0.6 is 0 Å². The van der Waals surface area contributed by atoms with Crippen molar-refractivity contribution in [3.8, 4) is 5.75 Å². The van der Waals surface area contributed by atoms with Gasteiger partial charge in [0.05, 0.1) is 7.11 Å². The Morgan fingerprint density at radius 2 is 2.11 bits per heavy atom. The topological polar surface area (TPSA) is 21.3 Å². The lowest BCUT2D eigenvalue weighted by Crippen LogP contribution is -2.31. The highest BCUT2D eigenvalue weighted by Crippen LogP contribution is 2.48. The van der Waals surface area contributed by atoms with Crippen LogP contribution in [0.1, 0.15) is 32.3 Å². The highest BCUT2D eigenvalue weighted by atomic mass is 19.1. The first-order valence-electron chi connectivity index (χ1n) is 6.61. The van der Waals surface area contributed by atoms with E-state index in [2.05, 4.69) is 19.2 Å². The number of benzene rings is 1. The third-order valence-electron chi connectivity index (χ3n) is 3.67. The SMILES string of the molecule is COc1cccc(CC2(CNC(C)C)CC2)c1F. The second kappa shape index (κ2) is 5.27. The van der Waals surface area contributed by atoms with Gasteiger partial charge < -0.3 is 10.1 Å². The molecule has 0 amide bonds. The summed E-state index contributed by atoms with van der Waals surface area (Å²) in [6.45, 7) is 5.26. The van der Waals surface area contributed by atoms with Crippen LogP contribution in [0.25, 0.3) is 0 Å². The molecule has 2 nitrogen and oxygen atoms in total. The molecule has 3 heteroatoms. The molecule has 0 spiro atoms. The first-order chi connectivity index (χ1) is 8.56. The minimum absolute atomic E-state index is 0.198. The van der Waals surface area contributed by atoms with Crippen molar-refractivity contribution in [3.63, 3.8) is 0 Å². The fourth-order valence-corrected chi connectivity index (χ4v) is 2.27. The Labute approximate surface area is 109 Å². The van der Waals surface area contributed by atoms with Gasteiger partial charge in [-0.2, -0.15) is 0 Å². The third kappa shape index (κ3) is 3.02. The summed E-state index contributed by atoms with van der Waals surface area (Å²) in [5.74, 6) is 0.149. The molecule has 0 heterocycles. The van der Waals surface area contributed by atoms with E-state index in [0.717, 1.165) is 18.5 Å². The summed E-state index contributed by atoms with van der Waals surface area (Å²) in [5.41, 5.74) is 1.04. The maximum Gasteiger partial charge on any atom is 0.168 e. The molecule has 1 N–H and O–H groups in total. The fourth-order valence-electron chi connectivity index (χ4n) is 2.27. The Kier molecular flexibility index (Phi) is 3.91. The molecule has 1 aliphatic carbocycles. The Hall–Kier alpha value is -1.09. The summed E-state index contributed by atoms with van der Waals surface area (Å²) in [6.07, 6.45) is 3.17. The van der Waals surface area contributed by atoms with Gasteiger partial charge in [0.15, 0.2) is 11.6 Å². The molecule has 0 saturated heterocycles. The van der Waals surface area contributed by atoms with Gasteiger partial charge in [0.2, 0.25) is 0 Å². The third-order valence-corrected chi connectivity index (χ3v) is 3.67. The number of methoxy groups -OCH3 is 1. The molecule has 100 valence electrons. The van der Waals surface area contributed by atoms with Gasteiger partial charge in [0.25, 0.3) is 0 Å². The molecule has 1 aliphatic rings. The minimum atomic E-state index is -0.198. The van der Waals surface area contributed by atoms with Crippen molar-refractivity contribution in [2.45, 2.75) is 39.2 Å². The van der Waals surface area contributed by atoms with Crippen LogP contribution < -0.4 is 10.1 Å². The highest BCUT2D eigenvalue weighted by Gasteiger charge is 2.42. The first kappa shape index (κ1) is 13.3. The van der Waals surface area contributed by atoms with Crippen LogP contribution in [0.4, 0.5) is 4.39 Å². The number of ether oxygens (including phenoxy) is 1. The summed E-state index contributed by atoms with van der Waals surface area (Å²) < 4.78 is 19.1. The van der Waals surface area contributed by atoms with Gasteiger partial charge in [-0.3, -0.25) is 0 Å². The second-order valence-corrected chi connectivity index (χ2v) is 5.65. The van der Waals surface area contributed by atoms with E-state index in [9.17, 15) is 4.39 Å². The molecule has 1 saturated carbocycles. The van der Waals surface area contributed by atoms with Crippen LogP contribution in [0.15, 0.2) is 18.2 Å². The summed E-state index contributed by atoms with van der Waals surface area (Å²) >= 11 is 0. The minimum Gasteiger partial charge on any atom is -0.494 e. The van der Waals surface area contributed by atoms with Crippen molar-refractivity contribution in [1.82, 2.24) is 5.32 Å². The van der Waals surface area contributed by atoms with Crippen LogP contribution in [0.2, 0.25) is 0 Å². The lowest BCUT2D eigenvalue weighted by Gasteiger charge is -2.19. The van der Waals surface area contributed by atoms with Crippen LogP contribution in [0.5, 0.6) is 5.75 Å². The lowest BCUT2D eigenvalue weighted by molar-refractivity contribution is 0.377. The normalized spacial score (nSPS) is 16.9. The molecule has 0 radical (unpaired) electrons. The molecule has 0 atom stereocenters. The van der Waals surface area contributed by atoms with Gasteiger partial charge in [0.1, 0.15) is 0 Å². The number of halogens is 1. The molecule has 0 unspecified atom stereocenters. The Balaban J connectivity index is 2.05. The molecule has 0 aromatic heterocycles. The van der Waals surface area contributed by atoms with E-state index in [1.165, 1.54) is 20.0 Å². The van der Waals surface area contributed by atoms with Crippen LogP contribution in [-0.2, 0) is 6.42 Å². The molecular formula is C15H22FNO. The van der Waals surface area contributed by atoms with Crippen molar-refractivity contribution in [2.75, 3.05) is 13.7 Å². The Morgan fingerprint density at radius 3 is 2.67 bits per heavy atom. The monoisotopic (exact) mass is 251 g/mol. The second-order valence-electron chi connectivity index (χ2n) is 5.65. The zero-order chi connectivity index (χ0) is 13.2. The smallest absolute Gasteiger partial charge is 0.168 e. The van der Waals surface area contributed by atoms with E-state index in [-0.39, 0.29) is 11.2 Å². The Bertz CT molecular complexity index is 413. The standard InChI is InChI=1S/C15H22FNO/c1-11(2)17-10-15(7-8-15)9-12-5-4-6-13(18-3)14(12)16/h4-6,11,17H,7-10H2,1-3H3. The number of rotatable bonds is 6. The molecule has 0 aliphatic heterocycles. The van der Waals surface area contributed by atoms with Crippen LogP contribution in [0.3, 0.4) is 0 Å². The Morgan fingerprint density at radius 1 is 1.39 bits per heavy atom. The van der Waals surface area contributed by atoms with Crippen molar-refractivity contribution in [3.05, 3.63) is 29.6 Å². The van der Waals surface area contributed by atoms with E-state index < -0.39 is 0 Å². The summed E-state index contributed by atoms with van der Waals surface area (Å²) in [7, 11) is 1.51. The number of hydrogen-bond donors (Lipinski definition) is 1. The zero-order valence-electron chi connectivity index (χ0n) is 11.4. The molecule has 1 fully saturated rings.